The number of benzene rings is 2. The molecule has 168 valence electrons. The molecular formula is C23H24Cl2N4O3. The van der Waals surface area contributed by atoms with Crippen LogP contribution in [0.4, 0.5) is 0 Å². The SMILES string of the molecule is CCC(O)NCc1ccc2c(c1)c(Cl)cn2-c1noc(-c2ccc(OC(C)C)c(Cl)c2)n1. The van der Waals surface area contributed by atoms with Crippen LogP contribution in [-0.2, 0) is 6.54 Å². The molecule has 2 aromatic carbocycles. The molecule has 9 heteroatoms. The topological polar surface area (TPSA) is 85.3 Å². The average molecular weight is 475 g/mol. The molecule has 0 saturated carbocycles. The van der Waals surface area contributed by atoms with Crippen molar-refractivity contribution in [3.8, 4) is 23.2 Å². The first-order valence-corrected chi connectivity index (χ1v) is 11.1. The third-order valence-electron chi connectivity index (χ3n) is 4.92. The number of nitrogens with one attached hydrogen (secondary N) is 1. The van der Waals surface area contributed by atoms with E-state index >= 15 is 0 Å². The maximum atomic E-state index is 9.72. The van der Waals surface area contributed by atoms with E-state index in [2.05, 4.69) is 15.5 Å². The lowest BCUT2D eigenvalue weighted by atomic mass is 10.1. The van der Waals surface area contributed by atoms with Crippen molar-refractivity contribution in [2.45, 2.75) is 46.1 Å². The highest BCUT2D eigenvalue weighted by molar-refractivity contribution is 6.35. The Bertz CT molecular complexity index is 1240. The highest BCUT2D eigenvalue weighted by atomic mass is 35.5. The second kappa shape index (κ2) is 9.50. The van der Waals surface area contributed by atoms with Crippen LogP contribution in [0.1, 0.15) is 32.8 Å². The van der Waals surface area contributed by atoms with Gasteiger partial charge in [-0.05, 0) is 61.3 Å². The molecule has 7 nitrogen and oxygen atoms in total. The van der Waals surface area contributed by atoms with Gasteiger partial charge >= 0.3 is 0 Å². The molecular weight excluding hydrogens is 451 g/mol. The van der Waals surface area contributed by atoms with Crippen molar-refractivity contribution >= 4 is 34.1 Å². The van der Waals surface area contributed by atoms with E-state index in [-0.39, 0.29) is 6.10 Å². The third kappa shape index (κ3) is 4.76. The minimum Gasteiger partial charge on any atom is -0.489 e. The molecule has 0 saturated heterocycles. The standard InChI is InChI=1S/C23H24Cl2N4O3/c1-4-21(30)26-11-14-5-7-19-16(9-14)18(25)12-29(19)23-27-22(32-28-23)15-6-8-20(17(24)10-15)31-13(2)3/h5-10,12-13,21,26,30H,4,11H2,1-3H3. The molecule has 1 atom stereocenters. The Labute approximate surface area is 195 Å². The van der Waals surface area contributed by atoms with Crippen molar-refractivity contribution in [2.75, 3.05) is 0 Å². The smallest absolute Gasteiger partial charge is 0.275 e. The van der Waals surface area contributed by atoms with Gasteiger partial charge in [-0.1, -0.05) is 36.2 Å². The fourth-order valence-corrected chi connectivity index (χ4v) is 3.78. The maximum absolute atomic E-state index is 9.72. The van der Waals surface area contributed by atoms with Gasteiger partial charge in [0.25, 0.3) is 11.8 Å². The minimum atomic E-state index is -0.539. The van der Waals surface area contributed by atoms with Gasteiger partial charge in [0.15, 0.2) is 0 Å². The van der Waals surface area contributed by atoms with Gasteiger partial charge in [0.2, 0.25) is 0 Å². The summed E-state index contributed by atoms with van der Waals surface area (Å²) in [6.07, 6.45) is 1.88. The van der Waals surface area contributed by atoms with Crippen LogP contribution >= 0.6 is 23.2 Å². The van der Waals surface area contributed by atoms with Crippen molar-refractivity contribution in [1.82, 2.24) is 20.0 Å². The summed E-state index contributed by atoms with van der Waals surface area (Å²) in [6, 6.07) is 11.2. The molecule has 0 spiro atoms. The predicted molar refractivity (Wildman–Crippen MR) is 125 cm³/mol. The zero-order valence-corrected chi connectivity index (χ0v) is 19.5. The number of fused-ring (bicyclic) bond motifs is 1. The molecule has 2 aromatic heterocycles. The average Bonchev–Trinajstić information content (AvgIpc) is 3.38. The van der Waals surface area contributed by atoms with Crippen molar-refractivity contribution < 1.29 is 14.4 Å². The van der Waals surface area contributed by atoms with E-state index in [4.69, 9.17) is 32.5 Å². The van der Waals surface area contributed by atoms with E-state index in [0.29, 0.717) is 46.2 Å². The van der Waals surface area contributed by atoms with Crippen LogP contribution in [0.2, 0.25) is 10.0 Å². The maximum Gasteiger partial charge on any atom is 0.275 e. The van der Waals surface area contributed by atoms with Gasteiger partial charge in [0.1, 0.15) is 12.0 Å². The molecule has 4 rings (SSSR count). The molecule has 0 aliphatic heterocycles. The molecule has 0 aliphatic rings. The third-order valence-corrected chi connectivity index (χ3v) is 5.52. The number of aromatic nitrogens is 3. The van der Waals surface area contributed by atoms with E-state index in [1.165, 1.54) is 0 Å². The lowest BCUT2D eigenvalue weighted by Crippen LogP contribution is -2.27. The quantitative estimate of drug-likeness (QED) is 0.323. The van der Waals surface area contributed by atoms with Crippen LogP contribution in [0, 0.1) is 0 Å². The molecule has 1 unspecified atom stereocenters. The van der Waals surface area contributed by atoms with Gasteiger partial charge in [0.05, 0.1) is 21.7 Å². The molecule has 0 bridgehead atoms. The van der Waals surface area contributed by atoms with Crippen LogP contribution in [0.3, 0.4) is 0 Å². The summed E-state index contributed by atoms with van der Waals surface area (Å²) >= 11 is 12.8. The molecule has 4 aromatic rings. The van der Waals surface area contributed by atoms with E-state index in [1.54, 1.807) is 22.9 Å². The summed E-state index contributed by atoms with van der Waals surface area (Å²) < 4.78 is 12.9. The number of halogens is 2. The zero-order chi connectivity index (χ0) is 22.8. The summed E-state index contributed by atoms with van der Waals surface area (Å²) in [5.74, 6) is 1.30. The van der Waals surface area contributed by atoms with Crippen molar-refractivity contribution in [3.63, 3.8) is 0 Å². The Morgan fingerprint density at radius 3 is 2.69 bits per heavy atom. The number of ether oxygens (including phenoxy) is 1. The monoisotopic (exact) mass is 474 g/mol. The number of aliphatic hydroxyl groups is 1. The Morgan fingerprint density at radius 1 is 1.16 bits per heavy atom. The van der Waals surface area contributed by atoms with Gasteiger partial charge in [-0.2, -0.15) is 4.98 Å². The van der Waals surface area contributed by atoms with E-state index in [1.807, 2.05) is 45.0 Å². The lowest BCUT2D eigenvalue weighted by Gasteiger charge is -2.11. The Hall–Kier alpha value is -2.58. The fraction of sp³-hybridized carbons (Fsp3) is 0.304. The summed E-state index contributed by atoms with van der Waals surface area (Å²) in [6.45, 7) is 6.33. The van der Waals surface area contributed by atoms with E-state index < -0.39 is 6.23 Å². The molecule has 32 heavy (non-hydrogen) atoms. The second-order valence-electron chi connectivity index (χ2n) is 7.71. The van der Waals surface area contributed by atoms with Crippen LogP contribution in [0.15, 0.2) is 47.1 Å². The number of hydrogen-bond acceptors (Lipinski definition) is 6. The van der Waals surface area contributed by atoms with Gasteiger partial charge in [-0.25, -0.2) is 0 Å². The van der Waals surface area contributed by atoms with Gasteiger partial charge in [-0.3, -0.25) is 9.88 Å². The second-order valence-corrected chi connectivity index (χ2v) is 8.53. The van der Waals surface area contributed by atoms with Crippen molar-refractivity contribution in [3.05, 3.63) is 58.2 Å². The highest BCUT2D eigenvalue weighted by Crippen LogP contribution is 2.32. The molecule has 0 fully saturated rings. The van der Waals surface area contributed by atoms with Crippen LogP contribution in [0.25, 0.3) is 28.3 Å². The highest BCUT2D eigenvalue weighted by Gasteiger charge is 2.16. The first-order chi connectivity index (χ1) is 15.4. The van der Waals surface area contributed by atoms with Crippen molar-refractivity contribution in [2.24, 2.45) is 0 Å². The summed E-state index contributed by atoms with van der Waals surface area (Å²) in [5, 5.41) is 18.8. The van der Waals surface area contributed by atoms with Crippen LogP contribution in [-0.4, -0.2) is 32.1 Å². The lowest BCUT2D eigenvalue weighted by molar-refractivity contribution is 0.131. The number of aliphatic hydroxyl groups excluding tert-OH is 1. The normalized spacial score (nSPS) is 12.6. The molecule has 0 radical (unpaired) electrons. The molecule has 2 heterocycles. The van der Waals surface area contributed by atoms with Crippen molar-refractivity contribution in [1.29, 1.82) is 0 Å². The van der Waals surface area contributed by atoms with Gasteiger partial charge in [-0.15, -0.1) is 0 Å². The van der Waals surface area contributed by atoms with E-state index in [9.17, 15) is 5.11 Å². The summed E-state index contributed by atoms with van der Waals surface area (Å²) in [7, 11) is 0. The number of rotatable bonds is 8. The largest absolute Gasteiger partial charge is 0.489 e. The van der Waals surface area contributed by atoms with Gasteiger partial charge in [0, 0.05) is 23.7 Å². The number of nitrogens with zero attached hydrogens (tertiary/aromatic N) is 3. The fourth-order valence-electron chi connectivity index (χ4n) is 3.31. The molecule has 0 aliphatic carbocycles. The van der Waals surface area contributed by atoms with E-state index in [0.717, 1.165) is 16.5 Å². The summed E-state index contributed by atoms with van der Waals surface area (Å²) in [5.41, 5.74) is 2.55. The first kappa shape index (κ1) is 22.6. The molecule has 2 N–H and O–H groups in total. The minimum absolute atomic E-state index is 0.0214. The predicted octanol–water partition coefficient (Wildman–Crippen LogP) is 5.59. The Kier molecular flexibility index (Phi) is 6.71. The first-order valence-electron chi connectivity index (χ1n) is 10.4. The summed E-state index contributed by atoms with van der Waals surface area (Å²) in [4.78, 5) is 4.52. The zero-order valence-electron chi connectivity index (χ0n) is 18.0. The number of hydrogen-bond donors (Lipinski definition) is 2. The Balaban J connectivity index is 1.61. The van der Waals surface area contributed by atoms with Crippen LogP contribution in [0.5, 0.6) is 5.75 Å². The van der Waals surface area contributed by atoms with Gasteiger partial charge < -0.3 is 14.4 Å². The van der Waals surface area contributed by atoms with Crippen LogP contribution < -0.4 is 10.1 Å². The molecule has 0 amide bonds. The Morgan fingerprint density at radius 2 is 1.97 bits per heavy atom.